The van der Waals surface area contributed by atoms with Gasteiger partial charge in [-0.1, -0.05) is 37.7 Å². The van der Waals surface area contributed by atoms with Crippen LogP contribution in [0.5, 0.6) is 5.75 Å². The number of nitrogens with one attached hydrogen (secondary N) is 1. The van der Waals surface area contributed by atoms with Crippen molar-refractivity contribution < 1.29 is 19.1 Å². The van der Waals surface area contributed by atoms with Crippen molar-refractivity contribution in [3.63, 3.8) is 0 Å². The fraction of sp³-hybridized carbons (Fsp3) is 0.517. The van der Waals surface area contributed by atoms with Gasteiger partial charge in [-0.3, -0.25) is 4.79 Å². The highest BCUT2D eigenvalue weighted by molar-refractivity contribution is 7.99. The molecule has 1 amide bonds. The molecule has 1 aromatic carbocycles. The largest absolute Gasteiger partial charge is 0.483 e. The van der Waals surface area contributed by atoms with Gasteiger partial charge in [0, 0.05) is 11.4 Å². The van der Waals surface area contributed by atoms with Crippen LogP contribution in [-0.4, -0.2) is 38.5 Å². The zero-order valence-electron chi connectivity index (χ0n) is 23.6. The zero-order valence-corrected chi connectivity index (χ0v) is 25.2. The summed E-state index contributed by atoms with van der Waals surface area (Å²) in [6.45, 7) is 12.6. The van der Waals surface area contributed by atoms with Gasteiger partial charge in [-0.05, 0) is 82.6 Å². The minimum Gasteiger partial charge on any atom is -0.483 e. The molecule has 1 aliphatic carbocycles. The number of thioether (sulfide) groups is 1. The van der Waals surface area contributed by atoms with Gasteiger partial charge < -0.3 is 19.4 Å². The first kappa shape index (κ1) is 29.1. The monoisotopic (exact) mass is 570 g/mol. The van der Waals surface area contributed by atoms with Crippen molar-refractivity contribution in [3.8, 4) is 5.75 Å². The van der Waals surface area contributed by atoms with Gasteiger partial charge >= 0.3 is 5.97 Å². The molecule has 10 heteroatoms. The summed E-state index contributed by atoms with van der Waals surface area (Å²) in [6.07, 6.45) is 3.36. The van der Waals surface area contributed by atoms with E-state index in [0.717, 1.165) is 37.0 Å². The van der Waals surface area contributed by atoms with E-state index in [0.29, 0.717) is 34.0 Å². The molecule has 0 radical (unpaired) electrons. The third kappa shape index (κ3) is 7.03. The Kier molecular flexibility index (Phi) is 9.71. The predicted molar refractivity (Wildman–Crippen MR) is 156 cm³/mol. The Morgan fingerprint density at radius 2 is 1.79 bits per heavy atom. The number of fused-ring (bicyclic) bond motifs is 1. The second-order valence-electron chi connectivity index (χ2n) is 10.3. The van der Waals surface area contributed by atoms with Gasteiger partial charge in [0.1, 0.15) is 10.8 Å². The van der Waals surface area contributed by atoms with Crippen molar-refractivity contribution in [2.75, 3.05) is 11.1 Å². The molecule has 1 aliphatic rings. The van der Waals surface area contributed by atoms with Crippen molar-refractivity contribution in [2.45, 2.75) is 97.1 Å². The molecule has 2 heterocycles. The Morgan fingerprint density at radius 1 is 1.08 bits per heavy atom. The number of anilines is 1. The predicted octanol–water partition coefficient (Wildman–Crippen LogP) is 6.80. The number of thiophene rings is 1. The fourth-order valence-electron chi connectivity index (χ4n) is 4.63. The zero-order chi connectivity index (χ0) is 28.1. The Morgan fingerprint density at radius 3 is 2.46 bits per heavy atom. The summed E-state index contributed by atoms with van der Waals surface area (Å²) < 4.78 is 13.6. The fourth-order valence-corrected chi connectivity index (χ4v) is 6.73. The van der Waals surface area contributed by atoms with Crippen LogP contribution in [0.2, 0.25) is 0 Å². The molecule has 39 heavy (non-hydrogen) atoms. The highest BCUT2D eigenvalue weighted by atomic mass is 32.2. The molecule has 4 rings (SSSR count). The first-order valence-corrected chi connectivity index (χ1v) is 15.5. The normalized spacial score (nSPS) is 13.8. The van der Waals surface area contributed by atoms with E-state index < -0.39 is 0 Å². The molecule has 210 valence electrons. The number of benzene rings is 1. The molecule has 0 aliphatic heterocycles. The number of carbonyl (C=O) groups is 2. The second kappa shape index (κ2) is 13.0. The van der Waals surface area contributed by atoms with Crippen molar-refractivity contribution >= 4 is 40.0 Å². The molecule has 8 nitrogen and oxygen atoms in total. The lowest BCUT2D eigenvalue weighted by molar-refractivity contribution is -0.113. The van der Waals surface area contributed by atoms with Crippen LogP contribution in [0.25, 0.3) is 0 Å². The van der Waals surface area contributed by atoms with Crippen LogP contribution in [0, 0.1) is 0 Å². The summed E-state index contributed by atoms with van der Waals surface area (Å²) in [5, 5.41) is 12.9. The van der Waals surface area contributed by atoms with Crippen molar-refractivity contribution in [1.29, 1.82) is 0 Å². The Hall–Kier alpha value is -2.85. The molecule has 0 spiro atoms. The number of hydrogen-bond acceptors (Lipinski definition) is 8. The summed E-state index contributed by atoms with van der Waals surface area (Å²) in [5.41, 5.74) is 2.81. The first-order valence-electron chi connectivity index (χ1n) is 13.7. The third-order valence-electron chi connectivity index (χ3n) is 6.59. The van der Waals surface area contributed by atoms with Crippen LogP contribution in [0.15, 0.2) is 29.4 Å². The quantitative estimate of drug-likeness (QED) is 0.200. The Balaban J connectivity index is 1.42. The first-order chi connectivity index (χ1) is 18.7. The van der Waals surface area contributed by atoms with Crippen LogP contribution in [0.3, 0.4) is 0 Å². The van der Waals surface area contributed by atoms with Crippen LogP contribution >= 0.6 is 23.1 Å². The highest BCUT2D eigenvalue weighted by Gasteiger charge is 2.28. The standard InChI is InChI=1S/C29H38N4O4S2/c1-7-33-26(19(6)37-21-14-12-20(13-15-21)17(2)3)31-32-29(33)38-16-24(34)30-27-25(28(35)36-18(4)5)22-10-8-9-11-23(22)39-27/h12-15,17-19H,7-11,16H2,1-6H3,(H,30,34). The van der Waals surface area contributed by atoms with E-state index in [-0.39, 0.29) is 29.8 Å². The lowest BCUT2D eigenvalue weighted by atomic mass is 9.95. The molecule has 1 N–H and O–H groups in total. The molecule has 1 unspecified atom stereocenters. The number of aryl methyl sites for hydroxylation is 1. The SMILES string of the molecule is CCn1c(SCC(=O)Nc2sc3c(c2C(=O)OC(C)C)CCCC3)nnc1C(C)Oc1ccc(C(C)C)cc1. The summed E-state index contributed by atoms with van der Waals surface area (Å²) >= 11 is 2.81. The van der Waals surface area contributed by atoms with E-state index in [4.69, 9.17) is 9.47 Å². The molecular formula is C29H38N4O4S2. The maximum atomic E-state index is 13.0. The number of nitrogens with zero attached hydrogens (tertiary/aromatic N) is 3. The second-order valence-corrected chi connectivity index (χ2v) is 12.3. The summed E-state index contributed by atoms with van der Waals surface area (Å²) in [7, 11) is 0. The van der Waals surface area contributed by atoms with E-state index in [9.17, 15) is 9.59 Å². The molecule has 1 atom stereocenters. The molecule has 0 fully saturated rings. The van der Waals surface area contributed by atoms with Crippen LogP contribution in [0.4, 0.5) is 5.00 Å². The average molecular weight is 571 g/mol. The maximum Gasteiger partial charge on any atom is 0.341 e. The minimum atomic E-state index is -0.365. The lowest BCUT2D eigenvalue weighted by Crippen LogP contribution is -2.19. The number of carbonyl (C=O) groups excluding carboxylic acids is 2. The molecule has 0 saturated heterocycles. The van der Waals surface area contributed by atoms with Gasteiger partial charge in [-0.25, -0.2) is 4.79 Å². The molecule has 3 aromatic rings. The maximum absolute atomic E-state index is 13.0. The van der Waals surface area contributed by atoms with E-state index >= 15 is 0 Å². The number of rotatable bonds is 11. The van der Waals surface area contributed by atoms with E-state index in [1.807, 2.05) is 44.4 Å². The lowest BCUT2D eigenvalue weighted by Gasteiger charge is -2.16. The number of esters is 1. The van der Waals surface area contributed by atoms with Crippen LogP contribution in [-0.2, 0) is 28.9 Å². The van der Waals surface area contributed by atoms with Gasteiger partial charge in [0.15, 0.2) is 17.1 Å². The summed E-state index contributed by atoms with van der Waals surface area (Å²) in [6, 6.07) is 8.11. The van der Waals surface area contributed by atoms with E-state index in [1.165, 1.54) is 33.5 Å². The summed E-state index contributed by atoms with van der Waals surface area (Å²) in [5.74, 6) is 1.52. The van der Waals surface area contributed by atoms with Gasteiger partial charge in [0.25, 0.3) is 0 Å². The number of aromatic nitrogens is 3. The van der Waals surface area contributed by atoms with Crippen molar-refractivity contribution in [1.82, 2.24) is 14.8 Å². The smallest absolute Gasteiger partial charge is 0.341 e. The van der Waals surface area contributed by atoms with Crippen molar-refractivity contribution in [2.24, 2.45) is 0 Å². The van der Waals surface area contributed by atoms with Gasteiger partial charge in [-0.2, -0.15) is 0 Å². The Labute approximate surface area is 238 Å². The number of ether oxygens (including phenoxy) is 2. The van der Waals surface area contributed by atoms with Crippen LogP contribution < -0.4 is 10.1 Å². The Bertz CT molecular complexity index is 1300. The van der Waals surface area contributed by atoms with Gasteiger partial charge in [-0.15, -0.1) is 21.5 Å². The molecule has 0 saturated carbocycles. The van der Waals surface area contributed by atoms with E-state index in [1.54, 1.807) is 0 Å². The third-order valence-corrected chi connectivity index (χ3v) is 8.76. The average Bonchev–Trinajstić information content (AvgIpc) is 3.48. The molecule has 0 bridgehead atoms. The van der Waals surface area contributed by atoms with Gasteiger partial charge in [0.2, 0.25) is 5.91 Å². The number of hydrogen-bond donors (Lipinski definition) is 1. The summed E-state index contributed by atoms with van der Waals surface area (Å²) in [4.78, 5) is 27.1. The van der Waals surface area contributed by atoms with Crippen LogP contribution in [0.1, 0.15) is 98.6 Å². The van der Waals surface area contributed by atoms with Crippen molar-refractivity contribution in [3.05, 3.63) is 51.7 Å². The molecule has 2 aromatic heterocycles. The number of amides is 1. The molecular weight excluding hydrogens is 532 g/mol. The minimum absolute atomic E-state index is 0.144. The topological polar surface area (TPSA) is 95.3 Å². The highest BCUT2D eigenvalue weighted by Crippen LogP contribution is 2.39. The van der Waals surface area contributed by atoms with Gasteiger partial charge in [0.05, 0.1) is 17.4 Å². The van der Waals surface area contributed by atoms with E-state index in [2.05, 4.69) is 41.5 Å².